The van der Waals surface area contributed by atoms with Crippen LogP contribution in [0.15, 0.2) is 12.3 Å². The second-order valence-corrected chi connectivity index (χ2v) is 30.1. The molecule has 0 aliphatic heterocycles. The van der Waals surface area contributed by atoms with Gasteiger partial charge in [0.2, 0.25) is 8.32 Å². The fourth-order valence-electron chi connectivity index (χ4n) is 3.20. The van der Waals surface area contributed by atoms with E-state index >= 15 is 0 Å². The molecule has 0 N–H and O–H groups in total. The third-order valence-corrected chi connectivity index (χ3v) is 22.8. The van der Waals surface area contributed by atoms with Crippen molar-refractivity contribution < 1.29 is 4.12 Å². The van der Waals surface area contributed by atoms with E-state index in [1.54, 1.807) is 0 Å². The van der Waals surface area contributed by atoms with Crippen LogP contribution in [0.1, 0.15) is 27.2 Å². The van der Waals surface area contributed by atoms with Gasteiger partial charge in [0, 0.05) is 0 Å². The van der Waals surface area contributed by atoms with Crippen molar-refractivity contribution in [3.05, 3.63) is 12.3 Å². The number of rotatable bonds is 9. The highest BCUT2D eigenvalue weighted by molar-refractivity contribution is 6.90. The highest BCUT2D eigenvalue weighted by Crippen LogP contribution is 2.39. The molecule has 0 rings (SSSR count). The van der Waals surface area contributed by atoms with E-state index in [-0.39, 0.29) is 5.04 Å². The van der Waals surface area contributed by atoms with Crippen LogP contribution in [0, 0.1) is 0 Å². The summed E-state index contributed by atoms with van der Waals surface area (Å²) in [5.74, 6) is 0. The Bertz CT molecular complexity index is 404. The first-order valence-electron chi connectivity index (χ1n) is 9.47. The van der Waals surface area contributed by atoms with E-state index in [1.165, 1.54) is 19.0 Å². The second kappa shape index (κ2) is 8.04. The van der Waals surface area contributed by atoms with Crippen molar-refractivity contribution in [2.45, 2.75) is 97.2 Å². The predicted molar refractivity (Wildman–Crippen MR) is 123 cm³/mol. The third kappa shape index (κ3) is 7.41. The highest BCUT2D eigenvalue weighted by Gasteiger charge is 2.43. The molecule has 0 aliphatic rings. The van der Waals surface area contributed by atoms with Crippen LogP contribution in [0.3, 0.4) is 0 Å². The van der Waals surface area contributed by atoms with Gasteiger partial charge < -0.3 is 8.35 Å². The summed E-state index contributed by atoms with van der Waals surface area (Å²) in [6.07, 6.45) is 1.25. The summed E-state index contributed by atoms with van der Waals surface area (Å²) in [5.41, 5.74) is 2.18. The Morgan fingerprint density at radius 3 is 1.58 bits per heavy atom. The van der Waals surface area contributed by atoms with Crippen molar-refractivity contribution in [3.63, 3.8) is 0 Å². The first-order chi connectivity index (χ1) is 10.4. The molecule has 0 saturated heterocycles. The van der Waals surface area contributed by atoms with E-state index in [0.29, 0.717) is 0 Å². The molecule has 0 radical (unpaired) electrons. The van der Waals surface area contributed by atoms with Crippen LogP contribution in [0.25, 0.3) is 0 Å². The Morgan fingerprint density at radius 2 is 1.29 bits per heavy atom. The fourth-order valence-corrected chi connectivity index (χ4v) is 20.6. The van der Waals surface area contributed by atoms with Gasteiger partial charge in [-0.05, 0) is 43.7 Å². The van der Waals surface area contributed by atoms with E-state index in [9.17, 15) is 0 Å². The lowest BCUT2D eigenvalue weighted by Gasteiger charge is -2.45. The van der Waals surface area contributed by atoms with Crippen LogP contribution < -0.4 is 0 Å². The summed E-state index contributed by atoms with van der Waals surface area (Å²) in [6, 6.07) is 1.20. The molecule has 1 unspecified atom stereocenters. The second-order valence-electron chi connectivity index (χ2n) is 11.0. The zero-order chi connectivity index (χ0) is 19.6. The smallest absolute Gasteiger partial charge is 0.201 e. The van der Waals surface area contributed by atoms with Crippen molar-refractivity contribution >= 4 is 33.1 Å². The van der Waals surface area contributed by atoms with Gasteiger partial charge in [0.05, 0.1) is 0 Å². The van der Waals surface area contributed by atoms with Gasteiger partial charge in [-0.2, -0.15) is 0 Å². The summed E-state index contributed by atoms with van der Waals surface area (Å²) in [4.78, 5) is 0. The number of hydrogen-bond donors (Lipinski definition) is 0. The average Bonchev–Trinajstić information content (AvgIpc) is 2.29. The largest absolute Gasteiger partial charge is 0.452 e. The Hall–Kier alpha value is 0.528. The van der Waals surface area contributed by atoms with Crippen LogP contribution in [-0.2, 0) is 4.12 Å². The van der Waals surface area contributed by atoms with Crippen molar-refractivity contribution in [2.24, 2.45) is 0 Å². The molecule has 0 aromatic heterocycles. The molecule has 0 fully saturated rings. The van der Waals surface area contributed by atoms with Gasteiger partial charge in [-0.1, -0.05) is 65.8 Å². The topological polar surface area (TPSA) is 12.5 Å². The molecule has 24 heavy (non-hydrogen) atoms. The van der Waals surface area contributed by atoms with Crippen LogP contribution >= 0.6 is 0 Å². The van der Waals surface area contributed by atoms with Crippen LogP contribution in [0.4, 0.5) is 0 Å². The van der Waals surface area contributed by atoms with Crippen LogP contribution in [0.5, 0.6) is 0 Å². The third-order valence-electron chi connectivity index (χ3n) is 5.40. The van der Waals surface area contributed by atoms with Gasteiger partial charge >= 0.3 is 0 Å². The van der Waals surface area contributed by atoms with Gasteiger partial charge in [-0.25, -0.2) is 0 Å². The molecule has 0 heterocycles. The maximum atomic E-state index is 6.86. The first kappa shape index (κ1) is 24.5. The molecular weight excluding hydrogens is 359 g/mol. The van der Waals surface area contributed by atoms with Gasteiger partial charge in [-0.3, -0.25) is 0 Å². The lowest BCUT2D eigenvalue weighted by Crippen LogP contribution is -2.59. The number of nitrogens with zero attached hydrogens (tertiary/aromatic N) is 1. The molecule has 0 saturated carbocycles. The maximum absolute atomic E-state index is 6.86. The Kier molecular flexibility index (Phi) is 8.22. The molecule has 144 valence electrons. The summed E-state index contributed by atoms with van der Waals surface area (Å²) >= 11 is 0. The molecule has 0 aromatic carbocycles. The minimum Gasteiger partial charge on any atom is -0.452 e. The molecular formula is C18H45NOSi4. The van der Waals surface area contributed by atoms with E-state index in [0.717, 1.165) is 0 Å². The first-order valence-corrected chi connectivity index (χ1v) is 22.0. The Morgan fingerprint density at radius 1 is 0.875 bits per heavy atom. The van der Waals surface area contributed by atoms with Gasteiger partial charge in [0.15, 0.2) is 8.32 Å². The van der Waals surface area contributed by atoms with Crippen molar-refractivity contribution in [1.29, 1.82) is 0 Å². The normalized spacial score (nSPS) is 17.0. The monoisotopic (exact) mass is 403 g/mol. The zero-order valence-corrected chi connectivity index (χ0v) is 22.8. The molecule has 0 amide bonds. The summed E-state index contributed by atoms with van der Waals surface area (Å²) in [5, 5.41) is 0.271. The maximum Gasteiger partial charge on any atom is 0.201 e. The van der Waals surface area contributed by atoms with E-state index in [4.69, 9.17) is 4.12 Å². The van der Waals surface area contributed by atoms with E-state index in [2.05, 4.69) is 96.2 Å². The molecule has 2 nitrogen and oxygen atoms in total. The lowest BCUT2D eigenvalue weighted by atomic mass is 10.2. The minimum atomic E-state index is -1.82. The van der Waals surface area contributed by atoms with Crippen molar-refractivity contribution in [2.75, 3.05) is 6.54 Å². The zero-order valence-electron chi connectivity index (χ0n) is 18.8. The van der Waals surface area contributed by atoms with E-state index < -0.39 is 33.1 Å². The van der Waals surface area contributed by atoms with E-state index in [1.807, 2.05) is 0 Å². The van der Waals surface area contributed by atoms with Gasteiger partial charge in [0.1, 0.15) is 16.5 Å². The molecule has 0 bridgehead atoms. The summed E-state index contributed by atoms with van der Waals surface area (Å²) < 4.78 is 9.75. The molecule has 0 aromatic rings. The summed E-state index contributed by atoms with van der Waals surface area (Å²) in [7, 11) is -6.05. The Balaban J connectivity index is 5.00. The SMILES string of the molecule is C=C[Si](C)(CCCN([Si](C)(C)C)[Si](C)(C)C)O[Si](C)(C)C(C)(C)C. The van der Waals surface area contributed by atoms with Gasteiger partial charge in [-0.15, -0.1) is 6.58 Å². The molecule has 1 atom stereocenters. The Labute approximate surface area is 157 Å². The van der Waals surface area contributed by atoms with Crippen molar-refractivity contribution in [3.8, 4) is 0 Å². The number of hydrogen-bond acceptors (Lipinski definition) is 2. The lowest BCUT2D eigenvalue weighted by molar-refractivity contribution is 0.482. The molecule has 6 heteroatoms. The van der Waals surface area contributed by atoms with Crippen LogP contribution in [-0.4, -0.2) is 43.9 Å². The standard InChI is InChI=1S/C18H45NOSi4/c1-14-24(13,20-23(11,12)18(2,3)4)17-15-16-19(21(5,6)7)22(8,9)10/h14H,1,15-17H2,2-13H3. The molecule has 0 spiro atoms. The fraction of sp³-hybridized carbons (Fsp3) is 0.889. The van der Waals surface area contributed by atoms with Crippen LogP contribution in [0.2, 0.25) is 70.0 Å². The van der Waals surface area contributed by atoms with Crippen molar-refractivity contribution in [1.82, 2.24) is 4.23 Å². The highest BCUT2D eigenvalue weighted by atomic mass is 28.4. The van der Waals surface area contributed by atoms with Gasteiger partial charge in [0.25, 0.3) is 0 Å². The molecule has 0 aliphatic carbocycles. The predicted octanol–water partition coefficient (Wildman–Crippen LogP) is 6.67. The quantitative estimate of drug-likeness (QED) is 0.398. The average molecular weight is 404 g/mol. The summed E-state index contributed by atoms with van der Waals surface area (Å²) in [6.45, 7) is 34.4. The minimum absolute atomic E-state index is 0.271.